The van der Waals surface area contributed by atoms with E-state index in [0.717, 1.165) is 83.5 Å². The van der Waals surface area contributed by atoms with Crippen molar-refractivity contribution in [3.8, 4) is 0 Å². The van der Waals surface area contributed by atoms with Gasteiger partial charge in [-0.1, -0.05) is 354 Å². The summed E-state index contributed by atoms with van der Waals surface area (Å²) in [5.74, 6) is -2.26. The van der Waals surface area contributed by atoms with E-state index < -0.39 is 24.3 Å². The zero-order chi connectivity index (χ0) is 69.0. The maximum Gasteiger partial charge on any atom is 0.306 e. The minimum absolute atomic E-state index is 0.147. The Labute approximate surface area is 587 Å². The van der Waals surface area contributed by atoms with Crippen molar-refractivity contribution in [2.24, 2.45) is 0 Å². The molecular weight excluding hydrogens is 1170 g/mol. The Kier molecular flexibility index (Phi) is 72.5. The number of esters is 2. The third-order valence-corrected chi connectivity index (χ3v) is 17.5. The number of allylic oxidation sites excluding steroid dienone is 18. The zero-order valence-corrected chi connectivity index (χ0v) is 62.8. The number of unbranched alkanes of at least 4 members (excludes halogenated alkanes) is 41. The quantitative estimate of drug-likeness (QED) is 0.0195. The molecule has 0 rings (SSSR count). The standard InChI is InChI=1S/C86H151NO8/c1-6-8-10-12-14-16-18-20-22-24-26-28-30-32-34-36-38-39-40-41-42-43-44-45-47-49-51-53-55-57-59-61-63-65-67-69-71-73-75-77-84(89)95-82(81-94-86(85(90)91)92-79-78-87(3,4)5)80-93-83(88)76-74-72-70-68-66-64-62-60-58-56-54-52-50-48-46-37-35-33-31-29-27-25-23-21-19-17-15-13-11-9-7-2/h8,10,14,16,19-22,25-28,31-34,38-39,82,86H,6-7,9,11-13,15,17-18,23-24,29-30,35-37,40-81H2,1-5H3/b10-8-,16-14-,21-19-,22-20-,27-25-,28-26-,33-31-,34-32-,39-38-. The Balaban J connectivity index is 4.01. The van der Waals surface area contributed by atoms with E-state index in [1.54, 1.807) is 0 Å². The van der Waals surface area contributed by atoms with E-state index in [9.17, 15) is 19.5 Å². The fourth-order valence-electron chi connectivity index (χ4n) is 11.4. The molecule has 0 aromatic rings. The summed E-state index contributed by atoms with van der Waals surface area (Å²) in [6.45, 7) is 4.67. The van der Waals surface area contributed by atoms with Crippen molar-refractivity contribution in [1.29, 1.82) is 0 Å². The first-order valence-electron chi connectivity index (χ1n) is 40.0. The van der Waals surface area contributed by atoms with Crippen LogP contribution in [-0.4, -0.2) is 82.3 Å². The van der Waals surface area contributed by atoms with Crippen molar-refractivity contribution in [1.82, 2.24) is 0 Å². The van der Waals surface area contributed by atoms with Crippen LogP contribution in [0.3, 0.4) is 0 Å². The van der Waals surface area contributed by atoms with E-state index in [0.29, 0.717) is 23.9 Å². The van der Waals surface area contributed by atoms with Crippen molar-refractivity contribution < 1.29 is 42.9 Å². The summed E-state index contributed by atoms with van der Waals surface area (Å²) in [5.41, 5.74) is 0. The highest BCUT2D eigenvalue weighted by atomic mass is 16.7. The maximum absolute atomic E-state index is 13.0. The van der Waals surface area contributed by atoms with Gasteiger partial charge in [0.15, 0.2) is 12.4 Å². The third kappa shape index (κ3) is 77.2. The minimum atomic E-state index is -1.62. The molecule has 0 saturated heterocycles. The van der Waals surface area contributed by atoms with Crippen molar-refractivity contribution in [3.05, 3.63) is 109 Å². The predicted octanol–water partition coefficient (Wildman–Crippen LogP) is 24.4. The van der Waals surface area contributed by atoms with E-state index in [1.807, 2.05) is 21.1 Å². The summed E-state index contributed by atoms with van der Waals surface area (Å²) in [4.78, 5) is 37.6. The number of carbonyl (C=O) groups excluding carboxylic acids is 3. The van der Waals surface area contributed by atoms with Crippen LogP contribution < -0.4 is 5.11 Å². The second-order valence-corrected chi connectivity index (χ2v) is 28.0. The average molecular weight is 1330 g/mol. The summed E-state index contributed by atoms with van der Waals surface area (Å²) < 4.78 is 22.9. The van der Waals surface area contributed by atoms with Crippen molar-refractivity contribution in [2.75, 3.05) is 47.5 Å². The lowest BCUT2D eigenvalue weighted by molar-refractivity contribution is -0.870. The average Bonchev–Trinajstić information content (AvgIpc) is 2.92. The van der Waals surface area contributed by atoms with Gasteiger partial charge in [-0.05, 0) is 103 Å². The summed E-state index contributed by atoms with van der Waals surface area (Å²) >= 11 is 0. The molecule has 2 unspecified atom stereocenters. The third-order valence-electron chi connectivity index (χ3n) is 17.5. The molecule has 0 radical (unpaired) electrons. The molecule has 0 N–H and O–H groups in total. The molecule has 0 amide bonds. The van der Waals surface area contributed by atoms with Gasteiger partial charge in [0.05, 0.1) is 40.3 Å². The van der Waals surface area contributed by atoms with Gasteiger partial charge in [0, 0.05) is 12.8 Å². The number of aliphatic carboxylic acids is 1. The zero-order valence-electron chi connectivity index (χ0n) is 62.8. The smallest absolute Gasteiger partial charge is 0.306 e. The normalized spacial score (nSPS) is 13.2. The van der Waals surface area contributed by atoms with Gasteiger partial charge in [-0.2, -0.15) is 0 Å². The van der Waals surface area contributed by atoms with Crippen LogP contribution in [0.15, 0.2) is 109 Å². The van der Waals surface area contributed by atoms with Crippen LogP contribution in [0.5, 0.6) is 0 Å². The second-order valence-electron chi connectivity index (χ2n) is 28.0. The number of carbonyl (C=O) groups is 3. The van der Waals surface area contributed by atoms with Gasteiger partial charge < -0.3 is 33.3 Å². The molecule has 9 heteroatoms. The maximum atomic E-state index is 13.0. The van der Waals surface area contributed by atoms with Gasteiger partial charge in [0.2, 0.25) is 0 Å². The van der Waals surface area contributed by atoms with E-state index in [2.05, 4.69) is 123 Å². The highest BCUT2D eigenvalue weighted by Gasteiger charge is 2.22. The number of ether oxygens (including phenoxy) is 4. The first-order valence-corrected chi connectivity index (χ1v) is 40.0. The number of carboxylic acid groups (broad SMARTS) is 1. The SMILES string of the molecule is CC/C=C\C/C=C\C/C=C\C/C=C\C/C=C\C/C=C\CCCCCCCCCCCCCCCCCCCCCCC(=O)OC(COC(=O)CCCCCCCCCCCCCCCCCC/C=C\C/C=C\C/C=C\CCCCCCC)COC(OCC[N+](C)(C)C)C(=O)[O-]. The molecule has 0 bridgehead atoms. The van der Waals surface area contributed by atoms with E-state index >= 15 is 0 Å². The second kappa shape index (κ2) is 75.7. The van der Waals surface area contributed by atoms with E-state index in [4.69, 9.17) is 18.9 Å². The van der Waals surface area contributed by atoms with Gasteiger partial charge in [-0.25, -0.2) is 0 Å². The highest BCUT2D eigenvalue weighted by molar-refractivity contribution is 5.70. The number of hydrogen-bond donors (Lipinski definition) is 0. The van der Waals surface area contributed by atoms with Crippen molar-refractivity contribution in [3.63, 3.8) is 0 Å². The molecule has 9 nitrogen and oxygen atoms in total. The topological polar surface area (TPSA) is 111 Å². The minimum Gasteiger partial charge on any atom is -0.545 e. The van der Waals surface area contributed by atoms with E-state index in [1.165, 1.54) is 244 Å². The molecule has 0 aromatic heterocycles. The Morgan fingerprint density at radius 3 is 0.895 bits per heavy atom. The Hall–Kier alpha value is -4.05. The fraction of sp³-hybridized carbons (Fsp3) is 0.756. The molecule has 0 saturated carbocycles. The molecule has 0 aromatic carbocycles. The van der Waals surface area contributed by atoms with Crippen LogP contribution in [0.2, 0.25) is 0 Å². The first kappa shape index (κ1) is 91.0. The van der Waals surface area contributed by atoms with Gasteiger partial charge >= 0.3 is 11.9 Å². The van der Waals surface area contributed by atoms with Gasteiger partial charge in [0.1, 0.15) is 13.2 Å². The first-order chi connectivity index (χ1) is 46.6. The molecule has 0 aliphatic heterocycles. The summed E-state index contributed by atoms with van der Waals surface area (Å²) in [6.07, 6.45) is 103. The van der Waals surface area contributed by atoms with Crippen LogP contribution in [0.4, 0.5) is 0 Å². The van der Waals surface area contributed by atoms with Crippen LogP contribution in [0.1, 0.15) is 361 Å². The molecule has 0 fully saturated rings. The fourth-order valence-corrected chi connectivity index (χ4v) is 11.4. The number of rotatable bonds is 74. The summed E-state index contributed by atoms with van der Waals surface area (Å²) in [6, 6.07) is 0. The molecule has 0 aliphatic carbocycles. The highest BCUT2D eigenvalue weighted by Crippen LogP contribution is 2.19. The Bertz CT molecular complexity index is 1930. The molecule has 548 valence electrons. The molecule has 0 aliphatic rings. The van der Waals surface area contributed by atoms with Crippen LogP contribution in [0, 0.1) is 0 Å². The molecule has 95 heavy (non-hydrogen) atoms. The molecule has 0 heterocycles. The van der Waals surface area contributed by atoms with Crippen molar-refractivity contribution >= 4 is 17.9 Å². The number of carboxylic acids is 1. The van der Waals surface area contributed by atoms with Gasteiger partial charge in [-0.15, -0.1) is 0 Å². The largest absolute Gasteiger partial charge is 0.545 e. The van der Waals surface area contributed by atoms with Crippen molar-refractivity contribution in [2.45, 2.75) is 373 Å². The number of nitrogens with zero attached hydrogens (tertiary/aromatic N) is 1. The van der Waals surface area contributed by atoms with Gasteiger partial charge in [0.25, 0.3) is 0 Å². The lowest BCUT2D eigenvalue weighted by Crippen LogP contribution is -2.44. The van der Waals surface area contributed by atoms with Gasteiger partial charge in [-0.3, -0.25) is 9.59 Å². The summed E-state index contributed by atoms with van der Waals surface area (Å²) in [5, 5.41) is 11.9. The molecule has 2 atom stereocenters. The van der Waals surface area contributed by atoms with Crippen LogP contribution in [0.25, 0.3) is 0 Å². The number of quaternary nitrogens is 1. The number of hydrogen-bond acceptors (Lipinski definition) is 8. The lowest BCUT2D eigenvalue weighted by atomic mass is 10.0. The molecular formula is C86H151NO8. The lowest BCUT2D eigenvalue weighted by Gasteiger charge is -2.26. The molecule has 0 spiro atoms. The van der Waals surface area contributed by atoms with Crippen LogP contribution in [-0.2, 0) is 33.3 Å². The summed E-state index contributed by atoms with van der Waals surface area (Å²) in [7, 11) is 5.94. The monoisotopic (exact) mass is 1330 g/mol. The number of likely N-dealkylation sites (N-methyl/N-ethyl adjacent to an activating group) is 1. The van der Waals surface area contributed by atoms with Crippen LogP contribution >= 0.6 is 0 Å². The Morgan fingerprint density at radius 1 is 0.326 bits per heavy atom. The Morgan fingerprint density at radius 2 is 0.600 bits per heavy atom. The predicted molar refractivity (Wildman–Crippen MR) is 407 cm³/mol. The van der Waals surface area contributed by atoms with E-state index in [-0.39, 0.29) is 32.2 Å².